The zero-order valence-corrected chi connectivity index (χ0v) is 12.1. The largest absolute Gasteiger partial charge is 0.290 e. The molecule has 2 aromatic heterocycles. The van der Waals surface area contributed by atoms with Gasteiger partial charge < -0.3 is 0 Å². The van der Waals surface area contributed by atoms with Gasteiger partial charge in [-0.1, -0.05) is 41.4 Å². The second-order valence-electron chi connectivity index (χ2n) is 4.17. The van der Waals surface area contributed by atoms with Crippen LogP contribution in [0.25, 0.3) is 10.9 Å². The van der Waals surface area contributed by atoms with Gasteiger partial charge in [0.2, 0.25) is 5.95 Å². The molecule has 0 saturated heterocycles. The molecule has 0 unspecified atom stereocenters. The Morgan fingerprint density at radius 3 is 2.67 bits per heavy atom. The van der Waals surface area contributed by atoms with Crippen LogP contribution in [0.5, 0.6) is 0 Å². The molecule has 0 spiro atoms. The molecule has 2 heterocycles. The number of carbonyl (C=O) groups is 1. The molecule has 1 amide bonds. The van der Waals surface area contributed by atoms with Crippen molar-refractivity contribution in [2.75, 3.05) is 5.32 Å². The number of rotatable bonds is 2. The molecule has 104 valence electrons. The summed E-state index contributed by atoms with van der Waals surface area (Å²) in [5.74, 6) is -0.248. The lowest BCUT2D eigenvalue weighted by atomic mass is 10.1. The predicted molar refractivity (Wildman–Crippen MR) is 81.7 cm³/mol. The highest BCUT2D eigenvalue weighted by Crippen LogP contribution is 2.21. The van der Waals surface area contributed by atoms with E-state index in [1.54, 1.807) is 12.1 Å². The summed E-state index contributed by atoms with van der Waals surface area (Å²) in [6.45, 7) is 0. The minimum atomic E-state index is -0.377. The first-order valence-corrected chi connectivity index (χ1v) is 6.74. The van der Waals surface area contributed by atoms with Gasteiger partial charge in [-0.3, -0.25) is 10.1 Å². The summed E-state index contributed by atoms with van der Waals surface area (Å²) in [4.78, 5) is 24.4. The van der Waals surface area contributed by atoms with Gasteiger partial charge >= 0.3 is 0 Å². The number of benzene rings is 1. The van der Waals surface area contributed by atoms with Gasteiger partial charge in [-0.15, -0.1) is 0 Å². The molecule has 0 atom stereocenters. The van der Waals surface area contributed by atoms with Crippen molar-refractivity contribution in [2.24, 2.45) is 0 Å². The molecule has 7 heteroatoms. The van der Waals surface area contributed by atoms with Crippen molar-refractivity contribution in [3.8, 4) is 0 Å². The molecule has 3 aromatic rings. The molecule has 0 aliphatic heterocycles. The standard InChI is InChI=1S/C14H8Cl2N4O/c15-11-5-6-17-14(19-11)20-13(21)9-7-12(16)18-10-4-2-1-3-8(9)10/h1-7H,(H,17,19,20,21). The second kappa shape index (κ2) is 5.63. The Morgan fingerprint density at radius 1 is 1.05 bits per heavy atom. The average Bonchev–Trinajstić information content (AvgIpc) is 2.46. The number of carbonyl (C=O) groups excluding carboxylic acids is 1. The number of halogens is 2. The topological polar surface area (TPSA) is 67.8 Å². The smallest absolute Gasteiger partial charge is 0.258 e. The maximum Gasteiger partial charge on any atom is 0.258 e. The highest BCUT2D eigenvalue weighted by Gasteiger charge is 2.13. The van der Waals surface area contributed by atoms with Gasteiger partial charge in [0, 0.05) is 11.6 Å². The van der Waals surface area contributed by atoms with Crippen molar-refractivity contribution in [3.63, 3.8) is 0 Å². The summed E-state index contributed by atoms with van der Waals surface area (Å²) in [6, 6.07) is 10.3. The monoisotopic (exact) mass is 318 g/mol. The second-order valence-corrected chi connectivity index (χ2v) is 4.94. The first-order chi connectivity index (χ1) is 10.1. The van der Waals surface area contributed by atoms with Crippen molar-refractivity contribution in [1.82, 2.24) is 15.0 Å². The van der Waals surface area contributed by atoms with E-state index in [-0.39, 0.29) is 22.2 Å². The zero-order valence-electron chi connectivity index (χ0n) is 10.5. The minimum absolute atomic E-state index is 0.129. The number of anilines is 1. The van der Waals surface area contributed by atoms with Crippen molar-refractivity contribution < 1.29 is 4.79 Å². The van der Waals surface area contributed by atoms with E-state index >= 15 is 0 Å². The molecule has 1 N–H and O–H groups in total. The molecule has 3 rings (SSSR count). The SMILES string of the molecule is O=C(Nc1nccc(Cl)n1)c1cc(Cl)nc2ccccc12. The van der Waals surface area contributed by atoms with Crippen LogP contribution in [0.2, 0.25) is 10.3 Å². The molecule has 0 bridgehead atoms. The van der Waals surface area contributed by atoms with Crippen LogP contribution in [0, 0.1) is 0 Å². The summed E-state index contributed by atoms with van der Waals surface area (Å²) >= 11 is 11.7. The average molecular weight is 319 g/mol. The maximum absolute atomic E-state index is 12.4. The lowest BCUT2D eigenvalue weighted by molar-refractivity contribution is 0.102. The maximum atomic E-state index is 12.4. The fourth-order valence-corrected chi connectivity index (χ4v) is 2.23. The predicted octanol–water partition coefficient (Wildman–Crippen LogP) is 3.58. The highest BCUT2D eigenvalue weighted by atomic mass is 35.5. The molecule has 0 aliphatic rings. The third-order valence-electron chi connectivity index (χ3n) is 2.78. The highest BCUT2D eigenvalue weighted by molar-refractivity contribution is 6.31. The van der Waals surface area contributed by atoms with Crippen LogP contribution in [-0.2, 0) is 0 Å². The number of aromatic nitrogens is 3. The van der Waals surface area contributed by atoms with Crippen molar-refractivity contribution >= 4 is 46.0 Å². The molecule has 0 saturated carbocycles. The van der Waals surface area contributed by atoms with E-state index in [1.165, 1.54) is 18.3 Å². The molecule has 1 aromatic carbocycles. The number of fused-ring (bicyclic) bond motifs is 1. The van der Waals surface area contributed by atoms with Gasteiger partial charge in [0.1, 0.15) is 10.3 Å². The Kier molecular flexibility index (Phi) is 3.68. The van der Waals surface area contributed by atoms with Gasteiger partial charge in [-0.05, 0) is 18.2 Å². The Balaban J connectivity index is 2.02. The third kappa shape index (κ3) is 2.94. The number of pyridine rings is 1. The molecule has 0 radical (unpaired) electrons. The quantitative estimate of drug-likeness (QED) is 0.579. The summed E-state index contributed by atoms with van der Waals surface area (Å²) in [6.07, 6.45) is 1.46. The minimum Gasteiger partial charge on any atom is -0.290 e. The Morgan fingerprint density at radius 2 is 1.86 bits per heavy atom. The fraction of sp³-hybridized carbons (Fsp3) is 0. The fourth-order valence-electron chi connectivity index (χ4n) is 1.90. The summed E-state index contributed by atoms with van der Waals surface area (Å²) in [7, 11) is 0. The Hall–Kier alpha value is -2.24. The molecule has 21 heavy (non-hydrogen) atoms. The number of hydrogen-bond acceptors (Lipinski definition) is 4. The molecular weight excluding hydrogens is 311 g/mol. The number of para-hydroxylation sites is 1. The summed E-state index contributed by atoms with van der Waals surface area (Å²) < 4.78 is 0. The van der Waals surface area contributed by atoms with Crippen LogP contribution in [0.15, 0.2) is 42.6 Å². The van der Waals surface area contributed by atoms with Crippen LogP contribution in [0.1, 0.15) is 10.4 Å². The van der Waals surface area contributed by atoms with Gasteiger partial charge in [-0.2, -0.15) is 0 Å². The summed E-state index contributed by atoms with van der Waals surface area (Å²) in [5, 5.41) is 3.77. The number of hydrogen-bond donors (Lipinski definition) is 1. The first-order valence-electron chi connectivity index (χ1n) is 5.99. The number of nitrogens with zero attached hydrogens (tertiary/aromatic N) is 3. The van der Waals surface area contributed by atoms with Crippen LogP contribution in [0.3, 0.4) is 0 Å². The van der Waals surface area contributed by atoms with E-state index < -0.39 is 0 Å². The molecule has 0 fully saturated rings. The Labute approximate surface area is 130 Å². The van der Waals surface area contributed by atoms with Gasteiger partial charge in [-0.25, -0.2) is 15.0 Å². The van der Waals surface area contributed by atoms with Crippen LogP contribution in [0.4, 0.5) is 5.95 Å². The van der Waals surface area contributed by atoms with Gasteiger partial charge in [0.25, 0.3) is 5.91 Å². The van der Waals surface area contributed by atoms with E-state index in [4.69, 9.17) is 23.2 Å². The van der Waals surface area contributed by atoms with Crippen molar-refractivity contribution in [1.29, 1.82) is 0 Å². The lowest BCUT2D eigenvalue weighted by Gasteiger charge is -2.07. The van der Waals surface area contributed by atoms with Gasteiger partial charge in [0.15, 0.2) is 0 Å². The van der Waals surface area contributed by atoms with Crippen molar-refractivity contribution in [2.45, 2.75) is 0 Å². The summed E-state index contributed by atoms with van der Waals surface area (Å²) in [5.41, 5.74) is 1.04. The normalized spacial score (nSPS) is 10.6. The van der Waals surface area contributed by atoms with Crippen LogP contribution >= 0.6 is 23.2 Å². The molecule has 5 nitrogen and oxygen atoms in total. The van der Waals surface area contributed by atoms with E-state index in [0.717, 1.165) is 0 Å². The van der Waals surface area contributed by atoms with E-state index in [2.05, 4.69) is 20.3 Å². The van der Waals surface area contributed by atoms with Gasteiger partial charge in [0.05, 0.1) is 11.1 Å². The lowest BCUT2D eigenvalue weighted by Crippen LogP contribution is -2.15. The zero-order chi connectivity index (χ0) is 14.8. The van der Waals surface area contributed by atoms with E-state index in [9.17, 15) is 4.79 Å². The molecular formula is C14H8Cl2N4O. The van der Waals surface area contributed by atoms with Crippen molar-refractivity contribution in [3.05, 3.63) is 58.5 Å². The third-order valence-corrected chi connectivity index (χ3v) is 3.18. The first kappa shape index (κ1) is 13.7. The number of nitrogens with one attached hydrogen (secondary N) is 1. The van der Waals surface area contributed by atoms with E-state index in [0.29, 0.717) is 16.5 Å². The Bertz CT molecular complexity index is 838. The molecule has 0 aliphatic carbocycles. The number of amides is 1. The van der Waals surface area contributed by atoms with E-state index in [1.807, 2.05) is 12.1 Å². The van der Waals surface area contributed by atoms with Crippen LogP contribution < -0.4 is 5.32 Å². The van der Waals surface area contributed by atoms with Crippen LogP contribution in [-0.4, -0.2) is 20.9 Å².